The summed E-state index contributed by atoms with van der Waals surface area (Å²) in [6, 6.07) is 6.27. The lowest BCUT2D eigenvalue weighted by Gasteiger charge is -2.26. The predicted octanol–water partition coefficient (Wildman–Crippen LogP) is 2.52. The number of nitrogens with zero attached hydrogens (tertiary/aromatic N) is 2. The van der Waals surface area contributed by atoms with E-state index < -0.39 is 11.9 Å². The molecule has 1 fully saturated rings. The lowest BCUT2D eigenvalue weighted by molar-refractivity contribution is 0.182. The Bertz CT molecular complexity index is 524. The van der Waals surface area contributed by atoms with E-state index in [0.29, 0.717) is 5.96 Å². The van der Waals surface area contributed by atoms with E-state index in [1.165, 1.54) is 38.4 Å². The van der Waals surface area contributed by atoms with E-state index in [4.69, 9.17) is 0 Å². The Morgan fingerprint density at radius 1 is 1.24 bits per heavy atom. The third-order valence-corrected chi connectivity index (χ3v) is 4.20. The van der Waals surface area contributed by atoms with Crippen LogP contribution < -0.4 is 10.6 Å². The van der Waals surface area contributed by atoms with E-state index in [9.17, 15) is 9.50 Å². The van der Waals surface area contributed by atoms with E-state index in [0.717, 1.165) is 19.6 Å². The molecule has 0 aromatic heterocycles. The molecule has 0 saturated carbocycles. The Hall–Kier alpha value is -0.930. The summed E-state index contributed by atoms with van der Waals surface area (Å²) in [6.07, 6.45) is 2.96. The van der Waals surface area contributed by atoms with Gasteiger partial charge in [0.25, 0.3) is 0 Å². The van der Waals surface area contributed by atoms with Crippen LogP contribution in [0.4, 0.5) is 4.39 Å². The number of hydrogen-bond acceptors (Lipinski definition) is 3. The van der Waals surface area contributed by atoms with E-state index in [1.54, 1.807) is 18.2 Å². The van der Waals surface area contributed by atoms with Gasteiger partial charge in [-0.1, -0.05) is 24.6 Å². The summed E-state index contributed by atoms with van der Waals surface area (Å²) in [5, 5.41) is 16.6. The van der Waals surface area contributed by atoms with Crippen molar-refractivity contribution in [2.75, 3.05) is 39.3 Å². The Morgan fingerprint density at radius 3 is 2.64 bits per heavy atom. The minimum absolute atomic E-state index is 0. The molecule has 25 heavy (non-hydrogen) atoms. The van der Waals surface area contributed by atoms with Crippen molar-refractivity contribution in [3.05, 3.63) is 35.6 Å². The number of likely N-dealkylation sites (tertiary alicyclic amines) is 1. The van der Waals surface area contributed by atoms with Gasteiger partial charge in [0.15, 0.2) is 5.96 Å². The van der Waals surface area contributed by atoms with Crippen LogP contribution in [0.1, 0.15) is 37.9 Å². The van der Waals surface area contributed by atoms with Crippen LogP contribution in [-0.2, 0) is 0 Å². The summed E-state index contributed by atoms with van der Waals surface area (Å²) in [5.74, 6) is 0.258. The fourth-order valence-electron chi connectivity index (χ4n) is 2.88. The summed E-state index contributed by atoms with van der Waals surface area (Å²) >= 11 is 0. The number of aliphatic imine (C=N–C) groups is 1. The summed E-state index contributed by atoms with van der Waals surface area (Å²) in [5.41, 5.74) is 0.283. The Morgan fingerprint density at radius 2 is 1.96 bits per heavy atom. The van der Waals surface area contributed by atoms with Crippen LogP contribution in [0.3, 0.4) is 0 Å². The molecular weight excluding hydrogens is 434 g/mol. The highest BCUT2D eigenvalue weighted by atomic mass is 127. The zero-order chi connectivity index (χ0) is 17.2. The van der Waals surface area contributed by atoms with Crippen LogP contribution in [0.15, 0.2) is 29.3 Å². The zero-order valence-corrected chi connectivity index (χ0v) is 17.2. The molecule has 3 N–H and O–H groups in total. The number of halogens is 2. The van der Waals surface area contributed by atoms with Gasteiger partial charge in [-0.05, 0) is 38.9 Å². The van der Waals surface area contributed by atoms with Crippen molar-refractivity contribution in [1.29, 1.82) is 0 Å². The number of hydrogen-bond donors (Lipinski definition) is 3. The molecule has 0 bridgehead atoms. The van der Waals surface area contributed by atoms with Gasteiger partial charge in [-0.3, -0.25) is 4.99 Å². The minimum atomic E-state index is -0.941. The molecule has 1 aliphatic rings. The van der Waals surface area contributed by atoms with Crippen LogP contribution in [0.25, 0.3) is 0 Å². The molecule has 1 heterocycles. The standard InChI is InChI=1S/C18H29FN4O.HI/c1-2-20-18(21-10-13-23-11-6-3-7-12-23)22-14-17(24)15-8-4-5-9-16(15)19;/h4-5,8-9,17,24H,2-3,6-7,10-14H2,1H3,(H2,20,21,22);1H. The van der Waals surface area contributed by atoms with Gasteiger partial charge in [-0.25, -0.2) is 4.39 Å². The minimum Gasteiger partial charge on any atom is -0.386 e. The van der Waals surface area contributed by atoms with Crippen molar-refractivity contribution in [2.45, 2.75) is 32.3 Å². The molecule has 1 unspecified atom stereocenters. The molecule has 1 aromatic carbocycles. The zero-order valence-electron chi connectivity index (χ0n) is 14.9. The van der Waals surface area contributed by atoms with Gasteiger partial charge < -0.3 is 20.6 Å². The normalized spacial score (nSPS) is 16.8. The van der Waals surface area contributed by atoms with Crippen molar-refractivity contribution in [1.82, 2.24) is 15.5 Å². The third kappa shape index (κ3) is 7.87. The Labute approximate surface area is 167 Å². The summed E-state index contributed by atoms with van der Waals surface area (Å²) < 4.78 is 13.7. The maximum Gasteiger partial charge on any atom is 0.191 e. The monoisotopic (exact) mass is 464 g/mol. The summed E-state index contributed by atoms with van der Waals surface area (Å²) in [4.78, 5) is 6.83. The van der Waals surface area contributed by atoms with Gasteiger partial charge in [-0.15, -0.1) is 24.0 Å². The molecule has 1 aromatic rings. The first-order valence-corrected chi connectivity index (χ1v) is 8.87. The molecular formula is C18H30FIN4O. The molecule has 1 saturated heterocycles. The second kappa shape index (κ2) is 12.4. The van der Waals surface area contributed by atoms with Gasteiger partial charge in [0.1, 0.15) is 11.9 Å². The van der Waals surface area contributed by atoms with Crippen molar-refractivity contribution >= 4 is 29.9 Å². The number of aliphatic hydroxyl groups excluding tert-OH is 1. The smallest absolute Gasteiger partial charge is 0.191 e. The van der Waals surface area contributed by atoms with Crippen molar-refractivity contribution in [2.24, 2.45) is 4.99 Å². The predicted molar refractivity (Wildman–Crippen MR) is 111 cm³/mol. The lowest BCUT2D eigenvalue weighted by atomic mass is 10.1. The molecule has 5 nitrogen and oxygen atoms in total. The van der Waals surface area contributed by atoms with Crippen LogP contribution in [0.5, 0.6) is 0 Å². The molecule has 0 aliphatic carbocycles. The highest BCUT2D eigenvalue weighted by Gasteiger charge is 2.12. The molecule has 1 atom stereocenters. The first-order chi connectivity index (χ1) is 11.7. The maximum atomic E-state index is 13.7. The van der Waals surface area contributed by atoms with E-state index in [2.05, 4.69) is 20.5 Å². The molecule has 1 aliphatic heterocycles. The number of aliphatic hydroxyl groups is 1. The van der Waals surface area contributed by atoms with Crippen LogP contribution in [0, 0.1) is 5.82 Å². The number of piperidine rings is 1. The topological polar surface area (TPSA) is 59.9 Å². The average molecular weight is 464 g/mol. The first kappa shape index (κ1) is 22.1. The molecule has 0 spiro atoms. The number of guanidine groups is 1. The average Bonchev–Trinajstić information content (AvgIpc) is 2.60. The second-order valence-corrected chi connectivity index (χ2v) is 6.09. The SMILES string of the molecule is CCNC(=NCC(O)c1ccccc1F)NCCN1CCCCC1.I. The van der Waals surface area contributed by atoms with E-state index in [-0.39, 0.29) is 36.1 Å². The molecule has 142 valence electrons. The molecule has 7 heteroatoms. The van der Waals surface area contributed by atoms with E-state index >= 15 is 0 Å². The number of rotatable bonds is 7. The van der Waals surface area contributed by atoms with Gasteiger partial charge in [-0.2, -0.15) is 0 Å². The Kier molecular flexibility index (Phi) is 11.0. The lowest BCUT2D eigenvalue weighted by Crippen LogP contribution is -2.42. The second-order valence-electron chi connectivity index (χ2n) is 6.09. The largest absolute Gasteiger partial charge is 0.386 e. The Balaban J connectivity index is 0.00000312. The highest BCUT2D eigenvalue weighted by Crippen LogP contribution is 2.16. The van der Waals surface area contributed by atoms with Crippen molar-refractivity contribution in [3.63, 3.8) is 0 Å². The summed E-state index contributed by atoms with van der Waals surface area (Å²) in [7, 11) is 0. The van der Waals surface area contributed by atoms with Crippen molar-refractivity contribution < 1.29 is 9.50 Å². The molecule has 0 amide bonds. The van der Waals surface area contributed by atoms with Gasteiger partial charge in [0.2, 0.25) is 0 Å². The fourth-order valence-corrected chi connectivity index (χ4v) is 2.88. The number of benzene rings is 1. The van der Waals surface area contributed by atoms with Gasteiger partial charge in [0, 0.05) is 25.2 Å². The van der Waals surface area contributed by atoms with Crippen LogP contribution in [-0.4, -0.2) is 55.2 Å². The van der Waals surface area contributed by atoms with Gasteiger partial charge in [0.05, 0.1) is 6.54 Å². The first-order valence-electron chi connectivity index (χ1n) is 8.87. The van der Waals surface area contributed by atoms with Crippen molar-refractivity contribution in [3.8, 4) is 0 Å². The number of nitrogens with one attached hydrogen (secondary N) is 2. The quantitative estimate of drug-likeness (QED) is 0.330. The maximum absolute atomic E-state index is 13.7. The van der Waals surface area contributed by atoms with Crippen LogP contribution in [0.2, 0.25) is 0 Å². The molecule has 0 radical (unpaired) electrons. The highest BCUT2D eigenvalue weighted by molar-refractivity contribution is 14.0. The van der Waals surface area contributed by atoms with Gasteiger partial charge >= 0.3 is 0 Å². The third-order valence-electron chi connectivity index (χ3n) is 4.20. The molecule has 2 rings (SSSR count). The fraction of sp³-hybridized carbons (Fsp3) is 0.611. The summed E-state index contributed by atoms with van der Waals surface area (Å²) in [6.45, 7) is 6.99. The van der Waals surface area contributed by atoms with Crippen LogP contribution >= 0.6 is 24.0 Å². The van der Waals surface area contributed by atoms with E-state index in [1.807, 2.05) is 6.92 Å².